The molecule has 32 heteroatoms. The van der Waals surface area contributed by atoms with Gasteiger partial charge in [0.2, 0.25) is 5.91 Å². The summed E-state index contributed by atoms with van der Waals surface area (Å²) in [5.74, 6) is -0.763. The zero-order valence-corrected chi connectivity index (χ0v) is 37.0. The first-order valence-corrected chi connectivity index (χ1v) is 22.1. The van der Waals surface area contributed by atoms with Gasteiger partial charge in [-0.1, -0.05) is 0 Å². The predicted molar refractivity (Wildman–Crippen MR) is 211 cm³/mol. The lowest BCUT2D eigenvalue weighted by molar-refractivity contribution is -0.368. The maximum atomic E-state index is 12.1. The van der Waals surface area contributed by atoms with E-state index in [9.17, 15) is 102 Å². The van der Waals surface area contributed by atoms with Crippen LogP contribution in [0.25, 0.3) is 0 Å². The van der Waals surface area contributed by atoms with Crippen LogP contribution in [-0.4, -0.2) is 327 Å². The van der Waals surface area contributed by atoms with Gasteiger partial charge in [-0.25, -0.2) is 0 Å². The van der Waals surface area contributed by atoms with Gasteiger partial charge < -0.3 is 154 Å². The Labute approximate surface area is 395 Å². The van der Waals surface area contributed by atoms with Crippen LogP contribution in [0.1, 0.15) is 6.92 Å². The van der Waals surface area contributed by atoms with Crippen LogP contribution in [0.5, 0.6) is 0 Å². The van der Waals surface area contributed by atoms with Crippen molar-refractivity contribution in [3.8, 4) is 0 Å². The lowest BCUT2D eigenvalue weighted by Crippen LogP contribution is -2.68. The summed E-state index contributed by atoms with van der Waals surface area (Å²) in [7, 11) is 0. The van der Waals surface area contributed by atoms with Gasteiger partial charge in [0.15, 0.2) is 37.7 Å². The van der Waals surface area contributed by atoms with Gasteiger partial charge >= 0.3 is 0 Å². The first-order chi connectivity index (χ1) is 33.0. The molecule has 30 atom stereocenters. The van der Waals surface area contributed by atoms with E-state index in [1.807, 2.05) is 0 Å². The molecule has 0 aromatic rings. The van der Waals surface area contributed by atoms with E-state index < -0.39 is 230 Å². The zero-order valence-electron chi connectivity index (χ0n) is 37.0. The molecule has 70 heavy (non-hydrogen) atoms. The molecule has 6 saturated heterocycles. The summed E-state index contributed by atoms with van der Waals surface area (Å²) >= 11 is 0. The van der Waals surface area contributed by atoms with Crippen LogP contribution in [0.15, 0.2) is 0 Å². The highest BCUT2D eigenvalue weighted by molar-refractivity contribution is 5.73. The Hall–Kier alpha value is -1.73. The SMILES string of the molecule is CC(=O)N[C@H]1[C@H](O[C@@H]2[C@@H](O)[C@H](OC[C@H]3O[C@@H](OC[C@H]4O[C@H](O)[C@H](O)[C@@H](O[C@@H]5O[C@H](CO)[C@@H](O)[C@H](O)[C@H]5O)[C@@H]4O)[C@H](O)[C@@H](O)[C@@H]3O)O[C@H](CO[C@@H]3O[C@H](CO)[C@@H](O)[C@H](O)[C@H]3O)[C@H]2O)O[C@H](CO)[C@@H](O)[C@@H]1O. The summed E-state index contributed by atoms with van der Waals surface area (Å²) < 4.78 is 61.1. The largest absolute Gasteiger partial charge is 0.394 e. The molecule has 0 aromatic carbocycles. The van der Waals surface area contributed by atoms with Gasteiger partial charge in [0.05, 0.1) is 39.6 Å². The molecule has 6 aliphatic heterocycles. The van der Waals surface area contributed by atoms with E-state index in [1.165, 1.54) is 0 Å². The van der Waals surface area contributed by atoms with Crippen LogP contribution in [0.3, 0.4) is 0 Å². The van der Waals surface area contributed by atoms with E-state index in [-0.39, 0.29) is 0 Å². The molecule has 0 radical (unpaired) electrons. The van der Waals surface area contributed by atoms with Crippen molar-refractivity contribution in [2.75, 3.05) is 39.6 Å². The maximum Gasteiger partial charge on any atom is 0.217 e. The van der Waals surface area contributed by atoms with Crippen LogP contribution in [0.4, 0.5) is 0 Å². The van der Waals surface area contributed by atoms with Crippen molar-refractivity contribution in [2.45, 2.75) is 191 Å². The monoisotopic (exact) mass is 1030 g/mol. The number of aliphatic hydroxyl groups excluding tert-OH is 19. The lowest BCUT2D eigenvalue weighted by atomic mass is 9.95. The molecular weight excluding hydrogens is 966 g/mol. The van der Waals surface area contributed by atoms with Crippen molar-refractivity contribution < 1.29 is 154 Å². The van der Waals surface area contributed by atoms with Gasteiger partial charge in [0.25, 0.3) is 0 Å². The normalized spacial score (nSPS) is 51.5. The second kappa shape index (κ2) is 24.7. The maximum absolute atomic E-state index is 12.1. The van der Waals surface area contributed by atoms with Gasteiger partial charge in [0, 0.05) is 6.92 Å². The molecule has 20 N–H and O–H groups in total. The van der Waals surface area contributed by atoms with E-state index in [2.05, 4.69) is 5.32 Å². The number of amides is 1. The Balaban J connectivity index is 1.15. The van der Waals surface area contributed by atoms with Crippen molar-refractivity contribution in [3.63, 3.8) is 0 Å². The molecule has 1 amide bonds. The van der Waals surface area contributed by atoms with Crippen LogP contribution >= 0.6 is 0 Å². The molecule has 6 rings (SSSR count). The molecule has 0 spiro atoms. The summed E-state index contributed by atoms with van der Waals surface area (Å²) in [6.07, 6.45) is -54.1. The quantitative estimate of drug-likeness (QED) is 0.0643. The Morgan fingerprint density at radius 3 is 1.16 bits per heavy atom. The van der Waals surface area contributed by atoms with Crippen molar-refractivity contribution >= 4 is 5.91 Å². The first kappa shape index (κ1) is 57.5. The molecule has 0 aromatic heterocycles. The van der Waals surface area contributed by atoms with Gasteiger partial charge in [0.1, 0.15) is 146 Å². The number of aliphatic hydroxyl groups is 19. The number of carbonyl (C=O) groups excluding carboxylic acids is 1. The number of hydrogen-bond acceptors (Lipinski definition) is 31. The van der Waals surface area contributed by atoms with Gasteiger partial charge in [-0.15, -0.1) is 0 Å². The van der Waals surface area contributed by atoms with Crippen LogP contribution < -0.4 is 5.32 Å². The Kier molecular flexibility index (Phi) is 20.3. The molecule has 32 nitrogen and oxygen atoms in total. The molecule has 0 saturated carbocycles. The van der Waals surface area contributed by atoms with E-state index in [0.29, 0.717) is 0 Å². The summed E-state index contributed by atoms with van der Waals surface area (Å²) in [6.45, 7) is -4.09. The second-order valence-electron chi connectivity index (χ2n) is 17.6. The molecule has 6 heterocycles. The summed E-state index contributed by atoms with van der Waals surface area (Å²) in [5, 5.41) is 202. The van der Waals surface area contributed by atoms with E-state index >= 15 is 0 Å². The standard InChI is InChI=1S/C38H65NO31/c1-8(43)39-15-22(50)16(44)9(2-40)64-34(15)69-32-21(49)14(7-61-35-26(54)23(51)17(45)10(3-41)65-35)68-37(30(32)58)62-5-12-19(47)25(53)27(55)36(67-12)60-6-13-20(48)31(29(57)33(59)63-13)70-38-28(56)24(52)18(46)11(4-42)66-38/h9-38,40-42,44-59H,2-7H2,1H3,(H,39,43)/t9-,10-,11-,12-,13-,14-,15-,16-,17-,18-,19-,20-,21-,22-,23+,24+,25+,26-,27-,28-,29-,30-,31+,32+,33+,34+,35-,36-,37-,38+/m1/s1. The van der Waals surface area contributed by atoms with E-state index in [0.717, 1.165) is 6.92 Å². The third kappa shape index (κ3) is 12.3. The Bertz CT molecular complexity index is 1630. The van der Waals surface area contributed by atoms with Gasteiger partial charge in [-0.2, -0.15) is 0 Å². The highest BCUT2D eigenvalue weighted by Crippen LogP contribution is 2.34. The second-order valence-corrected chi connectivity index (χ2v) is 17.6. The topological polar surface area (TPSA) is 515 Å². The van der Waals surface area contributed by atoms with Crippen LogP contribution in [-0.2, 0) is 56.9 Å². The van der Waals surface area contributed by atoms with Crippen molar-refractivity contribution in [3.05, 3.63) is 0 Å². The molecule has 0 unspecified atom stereocenters. The molecular formula is C38H65NO31. The van der Waals surface area contributed by atoms with Crippen LogP contribution in [0, 0.1) is 0 Å². The summed E-state index contributed by atoms with van der Waals surface area (Å²) in [4.78, 5) is 12.1. The van der Waals surface area contributed by atoms with E-state index in [4.69, 9.17) is 52.1 Å². The Morgan fingerprint density at radius 2 is 0.700 bits per heavy atom. The van der Waals surface area contributed by atoms with E-state index in [1.54, 1.807) is 0 Å². The fourth-order valence-electron chi connectivity index (χ4n) is 8.60. The molecule has 0 bridgehead atoms. The van der Waals surface area contributed by atoms with Gasteiger partial charge in [-0.3, -0.25) is 4.79 Å². The average Bonchev–Trinajstić information content (AvgIpc) is 3.33. The minimum absolute atomic E-state index is 0.763. The highest BCUT2D eigenvalue weighted by Gasteiger charge is 2.55. The minimum Gasteiger partial charge on any atom is -0.394 e. The molecule has 408 valence electrons. The number of rotatable bonds is 17. The van der Waals surface area contributed by atoms with Crippen LogP contribution in [0.2, 0.25) is 0 Å². The molecule has 6 aliphatic rings. The molecule has 0 aliphatic carbocycles. The lowest BCUT2D eigenvalue weighted by Gasteiger charge is -2.48. The fourth-order valence-corrected chi connectivity index (χ4v) is 8.60. The Morgan fingerprint density at radius 1 is 0.371 bits per heavy atom. The third-order valence-electron chi connectivity index (χ3n) is 12.8. The predicted octanol–water partition coefficient (Wildman–Crippen LogP) is -14.0. The fraction of sp³-hybridized carbons (Fsp3) is 0.974. The number of nitrogens with one attached hydrogen (secondary N) is 1. The smallest absolute Gasteiger partial charge is 0.217 e. The number of ether oxygens (including phenoxy) is 11. The van der Waals surface area contributed by atoms with Crippen molar-refractivity contribution in [1.29, 1.82) is 0 Å². The minimum atomic E-state index is -2.12. The van der Waals surface area contributed by atoms with Crippen molar-refractivity contribution in [1.82, 2.24) is 5.32 Å². The summed E-state index contributed by atoms with van der Waals surface area (Å²) in [5.41, 5.74) is 0. The number of carbonyl (C=O) groups is 1. The molecule has 6 fully saturated rings. The highest BCUT2D eigenvalue weighted by atomic mass is 16.8. The number of hydrogen-bond donors (Lipinski definition) is 20. The first-order valence-electron chi connectivity index (χ1n) is 22.1. The van der Waals surface area contributed by atoms with Crippen molar-refractivity contribution in [2.24, 2.45) is 0 Å². The average molecular weight is 1030 g/mol. The third-order valence-corrected chi connectivity index (χ3v) is 12.8. The zero-order chi connectivity index (χ0) is 51.6. The van der Waals surface area contributed by atoms with Gasteiger partial charge in [-0.05, 0) is 0 Å². The summed E-state index contributed by atoms with van der Waals surface area (Å²) in [6, 6.07) is -1.61.